The molecular weight excluding hydrogens is 493 g/mol. The van der Waals surface area contributed by atoms with E-state index in [0.29, 0.717) is 40.8 Å². The Morgan fingerprint density at radius 3 is 2.42 bits per heavy atom. The second kappa shape index (κ2) is 8.86. The van der Waals surface area contributed by atoms with Crippen molar-refractivity contribution in [3.63, 3.8) is 0 Å². The number of aromatic nitrogens is 4. The number of halogens is 3. The molecule has 0 N–H and O–H groups in total. The van der Waals surface area contributed by atoms with Crippen LogP contribution >= 0.6 is 0 Å². The van der Waals surface area contributed by atoms with E-state index in [-0.39, 0.29) is 18.9 Å². The maximum absolute atomic E-state index is 13.2. The topological polar surface area (TPSA) is 83.7 Å². The van der Waals surface area contributed by atoms with Crippen LogP contribution in [0.1, 0.15) is 16.7 Å². The summed E-state index contributed by atoms with van der Waals surface area (Å²) >= 11 is 0. The number of nitrogens with zero attached hydrogens (tertiary/aromatic N) is 6. The van der Waals surface area contributed by atoms with Crippen LogP contribution in [-0.4, -0.2) is 58.5 Å². The van der Waals surface area contributed by atoms with E-state index in [1.165, 1.54) is 21.1 Å². The molecule has 0 bridgehead atoms. The zero-order valence-corrected chi connectivity index (χ0v) is 20.4. The second-order valence-corrected chi connectivity index (χ2v) is 10.6. The molecule has 5 rings (SSSR count). The number of rotatable bonds is 4. The number of anilines is 1. The van der Waals surface area contributed by atoms with Gasteiger partial charge in [-0.2, -0.15) is 27.0 Å². The van der Waals surface area contributed by atoms with Gasteiger partial charge in [-0.05, 0) is 49.2 Å². The van der Waals surface area contributed by atoms with E-state index in [1.807, 2.05) is 17.9 Å². The van der Waals surface area contributed by atoms with Gasteiger partial charge in [0.05, 0.1) is 16.2 Å². The molecule has 0 saturated carbocycles. The number of fused-ring (bicyclic) bond motifs is 1. The number of benzene rings is 2. The molecule has 0 radical (unpaired) electrons. The van der Waals surface area contributed by atoms with E-state index >= 15 is 0 Å². The lowest BCUT2D eigenvalue weighted by Crippen LogP contribution is -2.49. The lowest BCUT2D eigenvalue weighted by molar-refractivity contribution is -0.137. The normalized spacial score (nSPS) is 15.5. The first-order valence-electron chi connectivity index (χ1n) is 11.3. The van der Waals surface area contributed by atoms with Crippen molar-refractivity contribution >= 4 is 21.7 Å². The van der Waals surface area contributed by atoms with Gasteiger partial charge in [0.25, 0.3) is 5.78 Å². The van der Waals surface area contributed by atoms with Crippen LogP contribution in [0.3, 0.4) is 0 Å². The summed E-state index contributed by atoms with van der Waals surface area (Å²) in [7, 11) is -3.65. The number of alkyl halides is 3. The van der Waals surface area contributed by atoms with Crippen molar-refractivity contribution in [2.75, 3.05) is 31.1 Å². The second-order valence-electron chi connectivity index (χ2n) is 8.69. The Hall–Kier alpha value is -3.51. The molecule has 2 aromatic carbocycles. The molecule has 0 spiro atoms. The van der Waals surface area contributed by atoms with Crippen LogP contribution in [0.5, 0.6) is 0 Å². The number of hydrogen-bond acceptors (Lipinski definition) is 6. The largest absolute Gasteiger partial charge is 0.416 e. The summed E-state index contributed by atoms with van der Waals surface area (Å²) in [5, 5.41) is 4.50. The smallest absolute Gasteiger partial charge is 0.337 e. The Morgan fingerprint density at radius 1 is 0.944 bits per heavy atom. The van der Waals surface area contributed by atoms with Gasteiger partial charge in [0, 0.05) is 37.9 Å². The molecule has 12 heteroatoms. The van der Waals surface area contributed by atoms with E-state index < -0.39 is 21.8 Å². The van der Waals surface area contributed by atoms with E-state index in [0.717, 1.165) is 17.7 Å². The first-order chi connectivity index (χ1) is 17.0. The fraction of sp³-hybridized carbons (Fsp3) is 0.292. The van der Waals surface area contributed by atoms with Gasteiger partial charge in [0.1, 0.15) is 0 Å². The minimum absolute atomic E-state index is 0.241. The minimum Gasteiger partial charge on any atom is -0.337 e. The highest BCUT2D eigenvalue weighted by atomic mass is 32.2. The van der Waals surface area contributed by atoms with Crippen LogP contribution in [0.25, 0.3) is 17.0 Å². The van der Waals surface area contributed by atoms with Gasteiger partial charge in [0.2, 0.25) is 16.0 Å². The highest BCUT2D eigenvalue weighted by molar-refractivity contribution is 7.89. The van der Waals surface area contributed by atoms with Gasteiger partial charge < -0.3 is 4.90 Å². The van der Waals surface area contributed by atoms with E-state index in [2.05, 4.69) is 15.1 Å². The van der Waals surface area contributed by atoms with Crippen LogP contribution in [-0.2, 0) is 16.2 Å². The van der Waals surface area contributed by atoms with Crippen molar-refractivity contribution in [2.45, 2.75) is 24.9 Å². The van der Waals surface area contributed by atoms with E-state index in [1.54, 1.807) is 31.2 Å². The zero-order valence-electron chi connectivity index (χ0n) is 19.6. The Labute approximate surface area is 206 Å². The quantitative estimate of drug-likeness (QED) is 0.409. The third-order valence-electron chi connectivity index (χ3n) is 6.20. The van der Waals surface area contributed by atoms with E-state index in [9.17, 15) is 21.6 Å². The van der Waals surface area contributed by atoms with Gasteiger partial charge >= 0.3 is 6.18 Å². The molecule has 2 aromatic heterocycles. The van der Waals surface area contributed by atoms with Gasteiger partial charge in [-0.1, -0.05) is 24.3 Å². The molecule has 0 atom stereocenters. The van der Waals surface area contributed by atoms with Crippen LogP contribution in [0, 0.1) is 13.8 Å². The van der Waals surface area contributed by atoms with Gasteiger partial charge in [-0.15, -0.1) is 5.10 Å². The van der Waals surface area contributed by atoms with Crippen molar-refractivity contribution in [3.05, 3.63) is 71.4 Å². The number of piperazine rings is 1. The minimum atomic E-state index is -4.47. The molecular formula is C24H23F3N6O2S. The predicted octanol–water partition coefficient (Wildman–Crippen LogP) is 3.94. The van der Waals surface area contributed by atoms with Gasteiger partial charge in [-0.25, -0.2) is 13.4 Å². The maximum Gasteiger partial charge on any atom is 0.416 e. The fourth-order valence-corrected chi connectivity index (χ4v) is 5.98. The molecule has 1 aliphatic heterocycles. The van der Waals surface area contributed by atoms with Crippen molar-refractivity contribution in [3.8, 4) is 11.3 Å². The Bertz CT molecular complexity index is 1540. The van der Waals surface area contributed by atoms with Crippen LogP contribution in [0.4, 0.5) is 19.1 Å². The zero-order chi connectivity index (χ0) is 25.7. The predicted molar refractivity (Wildman–Crippen MR) is 128 cm³/mol. The third kappa shape index (κ3) is 4.42. The van der Waals surface area contributed by atoms with Crippen molar-refractivity contribution in [1.29, 1.82) is 0 Å². The molecule has 188 valence electrons. The fourth-order valence-electron chi connectivity index (χ4n) is 4.24. The third-order valence-corrected chi connectivity index (χ3v) is 8.24. The molecule has 0 unspecified atom stereocenters. The first-order valence-corrected chi connectivity index (χ1v) is 12.7. The SMILES string of the molecule is Cc1ccc(C)c(S(=O)(=O)N2CCN(c3nc4nccc(-c5cccc(C(F)(F)F)c5)n4n3)CC2)c1. The summed E-state index contributed by atoms with van der Waals surface area (Å²) in [6.07, 6.45) is -3.00. The molecule has 0 aliphatic carbocycles. The molecule has 1 fully saturated rings. The Balaban J connectivity index is 1.39. The summed E-state index contributed by atoms with van der Waals surface area (Å²) in [6, 6.07) is 11.9. The lowest BCUT2D eigenvalue weighted by Gasteiger charge is -2.33. The van der Waals surface area contributed by atoms with Crippen LogP contribution in [0.15, 0.2) is 59.6 Å². The molecule has 0 amide bonds. The summed E-state index contributed by atoms with van der Waals surface area (Å²) in [5.41, 5.74) is 1.56. The molecule has 1 saturated heterocycles. The number of aryl methyl sites for hydroxylation is 2. The van der Waals surface area contributed by atoms with Crippen molar-refractivity contribution in [1.82, 2.24) is 23.9 Å². The van der Waals surface area contributed by atoms with Crippen molar-refractivity contribution < 1.29 is 21.6 Å². The van der Waals surface area contributed by atoms with Gasteiger partial charge in [-0.3, -0.25) is 0 Å². The molecule has 4 aromatic rings. The maximum atomic E-state index is 13.2. The highest BCUT2D eigenvalue weighted by Gasteiger charge is 2.32. The summed E-state index contributed by atoms with van der Waals surface area (Å²) in [5.74, 6) is 0.580. The molecule has 1 aliphatic rings. The Morgan fingerprint density at radius 2 is 1.69 bits per heavy atom. The first kappa shape index (κ1) is 24.2. The number of sulfonamides is 1. The van der Waals surface area contributed by atoms with Crippen LogP contribution < -0.4 is 4.90 Å². The van der Waals surface area contributed by atoms with E-state index in [4.69, 9.17) is 0 Å². The van der Waals surface area contributed by atoms with Crippen LogP contribution in [0.2, 0.25) is 0 Å². The average molecular weight is 517 g/mol. The highest BCUT2D eigenvalue weighted by Crippen LogP contribution is 2.32. The summed E-state index contributed by atoms with van der Waals surface area (Å²) < 4.78 is 68.9. The van der Waals surface area contributed by atoms with Gasteiger partial charge in [0.15, 0.2) is 0 Å². The molecule has 36 heavy (non-hydrogen) atoms. The average Bonchev–Trinajstić information content (AvgIpc) is 3.30. The molecule has 3 heterocycles. The summed E-state index contributed by atoms with van der Waals surface area (Å²) in [6.45, 7) is 4.85. The van der Waals surface area contributed by atoms with Crippen molar-refractivity contribution in [2.24, 2.45) is 0 Å². The molecule has 8 nitrogen and oxygen atoms in total. The number of hydrogen-bond donors (Lipinski definition) is 0. The summed E-state index contributed by atoms with van der Waals surface area (Å²) in [4.78, 5) is 10.8. The monoisotopic (exact) mass is 516 g/mol. The Kier molecular flexibility index (Phi) is 5.95. The standard InChI is InChI=1S/C24H23F3N6O2S/c1-16-6-7-17(2)21(14-16)36(34,35)32-12-10-31(11-13-32)23-29-22-28-9-8-20(33(22)30-23)18-4-3-5-19(15-18)24(25,26)27/h3-9,14-15H,10-13H2,1-2H3. The lowest BCUT2D eigenvalue weighted by atomic mass is 10.1.